The van der Waals surface area contributed by atoms with Gasteiger partial charge in [-0.1, -0.05) is 46.3 Å². The maximum absolute atomic E-state index is 12.3. The molecule has 0 bridgehead atoms. The maximum Gasteiger partial charge on any atom is 0.387 e. The Morgan fingerprint density at radius 1 is 1.10 bits per heavy atom. The van der Waals surface area contributed by atoms with E-state index in [1.807, 2.05) is 25.1 Å². The molecule has 2 aromatic rings. The Morgan fingerprint density at radius 3 is 2.52 bits per heavy atom. The summed E-state index contributed by atoms with van der Waals surface area (Å²) in [5.41, 5.74) is 3.01. The van der Waals surface area contributed by atoms with Crippen molar-refractivity contribution in [3.05, 3.63) is 63.6 Å². The molecule has 0 aliphatic rings. The summed E-state index contributed by atoms with van der Waals surface area (Å²) in [6, 6.07) is 12.9. The predicted octanol–water partition coefficient (Wildman–Crippen LogP) is 4.65. The first-order valence-corrected chi connectivity index (χ1v) is 7.34. The van der Waals surface area contributed by atoms with Crippen LogP contribution in [0.1, 0.15) is 16.7 Å². The number of hydrogen-bond acceptors (Lipinski definition) is 2. The topological polar surface area (TPSA) is 21.3 Å². The second kappa shape index (κ2) is 7.52. The van der Waals surface area contributed by atoms with Gasteiger partial charge < -0.3 is 10.1 Å². The van der Waals surface area contributed by atoms with E-state index in [0.717, 1.165) is 10.0 Å². The van der Waals surface area contributed by atoms with Gasteiger partial charge in [0.2, 0.25) is 0 Å². The van der Waals surface area contributed by atoms with Crippen LogP contribution in [0.25, 0.3) is 0 Å². The van der Waals surface area contributed by atoms with Gasteiger partial charge in [-0.3, -0.25) is 0 Å². The number of ether oxygens (including phenoxy) is 1. The molecule has 2 rings (SSSR count). The molecular formula is C16H16BrF2NO. The van der Waals surface area contributed by atoms with E-state index in [4.69, 9.17) is 0 Å². The lowest BCUT2D eigenvalue weighted by molar-refractivity contribution is -0.0505. The lowest BCUT2D eigenvalue weighted by Crippen LogP contribution is -2.14. The fourth-order valence-electron chi connectivity index (χ4n) is 1.99. The van der Waals surface area contributed by atoms with E-state index in [9.17, 15) is 8.78 Å². The van der Waals surface area contributed by atoms with Crippen molar-refractivity contribution in [2.24, 2.45) is 0 Å². The van der Waals surface area contributed by atoms with Crippen LogP contribution in [0.3, 0.4) is 0 Å². The normalized spacial score (nSPS) is 10.9. The summed E-state index contributed by atoms with van der Waals surface area (Å²) >= 11 is 3.52. The van der Waals surface area contributed by atoms with Gasteiger partial charge in [-0.15, -0.1) is 0 Å². The van der Waals surface area contributed by atoms with Crippen LogP contribution in [0.2, 0.25) is 0 Å². The number of nitrogens with one attached hydrogen (secondary N) is 1. The van der Waals surface area contributed by atoms with E-state index in [1.165, 1.54) is 5.56 Å². The molecule has 0 fully saturated rings. The first-order chi connectivity index (χ1) is 10.1. The minimum Gasteiger partial charge on any atom is -0.434 e. The Kier molecular flexibility index (Phi) is 5.70. The molecule has 1 N–H and O–H groups in total. The highest BCUT2D eigenvalue weighted by Crippen LogP contribution is 2.21. The summed E-state index contributed by atoms with van der Waals surface area (Å²) < 4.78 is 30.2. The van der Waals surface area contributed by atoms with E-state index in [-0.39, 0.29) is 5.75 Å². The average Bonchev–Trinajstić information content (AvgIpc) is 2.42. The summed E-state index contributed by atoms with van der Waals surface area (Å²) in [6.07, 6.45) is 0. The number of aryl methyl sites for hydroxylation is 1. The van der Waals surface area contributed by atoms with Gasteiger partial charge in [-0.25, -0.2) is 0 Å². The summed E-state index contributed by atoms with van der Waals surface area (Å²) in [4.78, 5) is 0. The molecular weight excluding hydrogens is 340 g/mol. The number of hydrogen-bond donors (Lipinski definition) is 1. The third-order valence-corrected chi connectivity index (χ3v) is 3.77. The monoisotopic (exact) mass is 355 g/mol. The SMILES string of the molecule is Cc1ccc(CNCc2ccccc2OC(F)F)c(Br)c1. The van der Waals surface area contributed by atoms with E-state index in [2.05, 4.69) is 26.0 Å². The highest BCUT2D eigenvalue weighted by atomic mass is 79.9. The van der Waals surface area contributed by atoms with Crippen LogP contribution in [0.15, 0.2) is 46.9 Å². The number of para-hydroxylation sites is 1. The quantitative estimate of drug-likeness (QED) is 0.814. The first kappa shape index (κ1) is 15.9. The van der Waals surface area contributed by atoms with Crippen LogP contribution < -0.4 is 10.1 Å². The zero-order chi connectivity index (χ0) is 15.2. The molecule has 0 heterocycles. The lowest BCUT2D eigenvalue weighted by Gasteiger charge is -2.12. The Balaban J connectivity index is 1.97. The van der Waals surface area contributed by atoms with Gasteiger partial charge in [0, 0.05) is 23.1 Å². The largest absolute Gasteiger partial charge is 0.434 e. The summed E-state index contributed by atoms with van der Waals surface area (Å²) in [7, 11) is 0. The van der Waals surface area contributed by atoms with E-state index in [0.29, 0.717) is 18.7 Å². The second-order valence-corrected chi connectivity index (χ2v) is 5.54. The average molecular weight is 356 g/mol. The molecule has 2 aromatic carbocycles. The molecule has 0 amide bonds. The van der Waals surface area contributed by atoms with Crippen molar-refractivity contribution in [1.29, 1.82) is 0 Å². The van der Waals surface area contributed by atoms with Gasteiger partial charge in [-0.05, 0) is 30.2 Å². The minimum absolute atomic E-state index is 0.211. The molecule has 2 nitrogen and oxygen atoms in total. The van der Waals surface area contributed by atoms with Gasteiger partial charge >= 0.3 is 6.61 Å². The van der Waals surface area contributed by atoms with Crippen molar-refractivity contribution < 1.29 is 13.5 Å². The molecule has 0 radical (unpaired) electrons. The first-order valence-electron chi connectivity index (χ1n) is 6.54. The molecule has 0 unspecified atom stereocenters. The van der Waals surface area contributed by atoms with Crippen molar-refractivity contribution in [1.82, 2.24) is 5.32 Å². The fourth-order valence-corrected chi connectivity index (χ4v) is 2.62. The molecule has 0 saturated heterocycles. The molecule has 0 atom stereocenters. The summed E-state index contributed by atoms with van der Waals surface area (Å²) in [5, 5.41) is 3.24. The highest BCUT2D eigenvalue weighted by molar-refractivity contribution is 9.10. The third-order valence-electron chi connectivity index (χ3n) is 3.03. The smallest absolute Gasteiger partial charge is 0.387 e. The zero-order valence-corrected chi connectivity index (χ0v) is 13.2. The van der Waals surface area contributed by atoms with Gasteiger partial charge in [-0.2, -0.15) is 8.78 Å². The van der Waals surface area contributed by atoms with Crippen molar-refractivity contribution in [2.75, 3.05) is 0 Å². The number of rotatable bonds is 6. The number of alkyl halides is 2. The maximum atomic E-state index is 12.3. The Hall–Kier alpha value is -1.46. The predicted molar refractivity (Wildman–Crippen MR) is 82.5 cm³/mol. The van der Waals surface area contributed by atoms with Crippen molar-refractivity contribution in [3.63, 3.8) is 0 Å². The standard InChI is InChI=1S/C16H16BrF2NO/c1-11-6-7-12(14(17)8-11)9-20-10-13-4-2-3-5-15(13)21-16(18)19/h2-8,16,20H,9-10H2,1H3. The van der Waals surface area contributed by atoms with Gasteiger partial charge in [0.1, 0.15) is 5.75 Å². The molecule has 0 spiro atoms. The number of halogens is 3. The molecule has 112 valence electrons. The van der Waals surface area contributed by atoms with Gasteiger partial charge in [0.15, 0.2) is 0 Å². The van der Waals surface area contributed by atoms with Crippen molar-refractivity contribution in [2.45, 2.75) is 26.6 Å². The van der Waals surface area contributed by atoms with E-state index in [1.54, 1.807) is 24.3 Å². The van der Waals surface area contributed by atoms with Crippen LogP contribution >= 0.6 is 15.9 Å². The van der Waals surface area contributed by atoms with Crippen LogP contribution in [0.5, 0.6) is 5.75 Å². The lowest BCUT2D eigenvalue weighted by atomic mass is 10.1. The van der Waals surface area contributed by atoms with Crippen LogP contribution in [-0.2, 0) is 13.1 Å². The molecule has 0 saturated carbocycles. The third kappa shape index (κ3) is 4.79. The Bertz CT molecular complexity index is 605. The minimum atomic E-state index is -2.81. The number of benzene rings is 2. The van der Waals surface area contributed by atoms with Gasteiger partial charge in [0.05, 0.1) is 0 Å². The van der Waals surface area contributed by atoms with Crippen LogP contribution in [0.4, 0.5) is 8.78 Å². The summed E-state index contributed by atoms with van der Waals surface area (Å²) in [6.45, 7) is 0.324. The second-order valence-electron chi connectivity index (χ2n) is 4.68. The van der Waals surface area contributed by atoms with Crippen molar-refractivity contribution >= 4 is 15.9 Å². The Morgan fingerprint density at radius 2 is 1.81 bits per heavy atom. The van der Waals surface area contributed by atoms with Gasteiger partial charge in [0.25, 0.3) is 0 Å². The van der Waals surface area contributed by atoms with Crippen molar-refractivity contribution in [3.8, 4) is 5.75 Å². The fraction of sp³-hybridized carbons (Fsp3) is 0.250. The Labute approximate surface area is 131 Å². The molecule has 0 aliphatic heterocycles. The highest BCUT2D eigenvalue weighted by Gasteiger charge is 2.08. The van der Waals surface area contributed by atoms with E-state index < -0.39 is 6.61 Å². The molecule has 5 heteroatoms. The summed E-state index contributed by atoms with van der Waals surface area (Å²) in [5.74, 6) is 0.211. The van der Waals surface area contributed by atoms with Crippen LogP contribution in [-0.4, -0.2) is 6.61 Å². The molecule has 0 aliphatic carbocycles. The molecule has 21 heavy (non-hydrogen) atoms. The molecule has 0 aromatic heterocycles. The van der Waals surface area contributed by atoms with E-state index >= 15 is 0 Å². The zero-order valence-electron chi connectivity index (χ0n) is 11.6. The van der Waals surface area contributed by atoms with Crippen LogP contribution in [0, 0.1) is 6.92 Å².